The van der Waals surface area contributed by atoms with Gasteiger partial charge < -0.3 is 4.74 Å². The summed E-state index contributed by atoms with van der Waals surface area (Å²) in [6.45, 7) is 5.21. The van der Waals surface area contributed by atoms with E-state index in [1.807, 2.05) is 13.0 Å². The Morgan fingerprint density at radius 1 is 1.27 bits per heavy atom. The van der Waals surface area contributed by atoms with Gasteiger partial charge in [0.25, 0.3) is 11.2 Å². The average Bonchev–Trinajstić information content (AvgIpc) is 2.76. The molecule has 0 bridgehead atoms. The molecule has 30 heavy (non-hydrogen) atoms. The predicted octanol–water partition coefficient (Wildman–Crippen LogP) is 3.57. The summed E-state index contributed by atoms with van der Waals surface area (Å²) in [7, 11) is 0. The summed E-state index contributed by atoms with van der Waals surface area (Å²) in [5.74, 6) is 0.306. The minimum absolute atomic E-state index is 0.0151. The van der Waals surface area contributed by atoms with Crippen molar-refractivity contribution in [3.8, 4) is 0 Å². The van der Waals surface area contributed by atoms with Crippen LogP contribution in [0.2, 0.25) is 0 Å². The number of nitrogens with one attached hydrogen (secondary N) is 1. The summed E-state index contributed by atoms with van der Waals surface area (Å²) in [5.41, 5.74) is 4.38. The number of anilines is 1. The van der Waals surface area contributed by atoms with E-state index in [0.717, 1.165) is 0 Å². The maximum absolute atomic E-state index is 13.0. The van der Waals surface area contributed by atoms with Crippen LogP contribution in [0.3, 0.4) is 0 Å². The minimum Gasteiger partial charge on any atom is -0.382 e. The second-order valence-corrected chi connectivity index (χ2v) is 6.58. The standard InChI is InChI=1S/C21H23N5O4/c1-3-30-13-7-12-25-20(27)18-10-4-5-11-19(18)22-21(25)24-23-15(2)16-8-6-9-17(14-16)26(28)29/h4-6,8-11,14H,3,7,12-13H2,1-2H3,(H,22,24)/b23-15-. The van der Waals surface area contributed by atoms with Gasteiger partial charge in [-0.05, 0) is 32.4 Å². The Kier molecular flexibility index (Phi) is 6.87. The van der Waals surface area contributed by atoms with E-state index in [-0.39, 0.29) is 11.2 Å². The van der Waals surface area contributed by atoms with Crippen LogP contribution in [-0.2, 0) is 11.3 Å². The molecule has 0 amide bonds. The van der Waals surface area contributed by atoms with Gasteiger partial charge in [-0.25, -0.2) is 10.4 Å². The summed E-state index contributed by atoms with van der Waals surface area (Å²) in [6, 6.07) is 13.3. The Hall–Kier alpha value is -3.59. The molecule has 0 saturated heterocycles. The molecule has 1 heterocycles. The van der Waals surface area contributed by atoms with Crippen molar-refractivity contribution < 1.29 is 9.66 Å². The summed E-state index contributed by atoms with van der Waals surface area (Å²) in [4.78, 5) is 28.1. The first-order valence-corrected chi connectivity index (χ1v) is 9.63. The van der Waals surface area contributed by atoms with E-state index in [9.17, 15) is 14.9 Å². The van der Waals surface area contributed by atoms with Crippen molar-refractivity contribution in [2.45, 2.75) is 26.8 Å². The molecule has 2 aromatic carbocycles. The lowest BCUT2D eigenvalue weighted by atomic mass is 10.1. The number of nitro benzene ring substituents is 1. The van der Waals surface area contributed by atoms with Gasteiger partial charge >= 0.3 is 0 Å². The third-order valence-electron chi connectivity index (χ3n) is 4.53. The van der Waals surface area contributed by atoms with Crippen LogP contribution in [0.4, 0.5) is 11.6 Å². The molecule has 1 N–H and O–H groups in total. The van der Waals surface area contributed by atoms with E-state index in [2.05, 4.69) is 15.5 Å². The molecule has 0 radical (unpaired) electrons. The molecule has 0 aliphatic rings. The van der Waals surface area contributed by atoms with Crippen LogP contribution < -0.4 is 11.0 Å². The Labute approximate surface area is 173 Å². The van der Waals surface area contributed by atoms with Crippen LogP contribution in [0.5, 0.6) is 0 Å². The van der Waals surface area contributed by atoms with Crippen molar-refractivity contribution >= 4 is 28.3 Å². The van der Waals surface area contributed by atoms with Crippen LogP contribution in [-0.4, -0.2) is 33.4 Å². The molecule has 156 valence electrons. The van der Waals surface area contributed by atoms with E-state index < -0.39 is 4.92 Å². The van der Waals surface area contributed by atoms with Gasteiger partial charge in [-0.1, -0.05) is 24.3 Å². The SMILES string of the molecule is CCOCCCn1c(N/N=C(/C)c2cccc([N+](=O)[O-])c2)nc2ccccc2c1=O. The lowest BCUT2D eigenvalue weighted by molar-refractivity contribution is -0.384. The number of fused-ring (bicyclic) bond motifs is 1. The third kappa shape index (κ3) is 4.87. The second kappa shape index (κ2) is 9.75. The Bertz CT molecular complexity index is 1140. The molecule has 0 aliphatic carbocycles. The summed E-state index contributed by atoms with van der Waals surface area (Å²) in [6.07, 6.45) is 0.649. The monoisotopic (exact) mass is 409 g/mol. The van der Waals surface area contributed by atoms with Crippen LogP contribution in [0.1, 0.15) is 25.8 Å². The first kappa shape index (κ1) is 21.1. The number of benzene rings is 2. The van der Waals surface area contributed by atoms with Crippen molar-refractivity contribution in [1.82, 2.24) is 9.55 Å². The number of hydrogen-bond donors (Lipinski definition) is 1. The fraction of sp³-hybridized carbons (Fsp3) is 0.286. The topological polar surface area (TPSA) is 112 Å². The van der Waals surface area contributed by atoms with Crippen LogP contribution in [0.15, 0.2) is 58.4 Å². The number of hydrazone groups is 1. The first-order valence-electron chi connectivity index (χ1n) is 9.63. The van der Waals surface area contributed by atoms with Gasteiger partial charge in [0.2, 0.25) is 5.95 Å². The molecule has 1 aromatic heterocycles. The number of para-hydroxylation sites is 1. The summed E-state index contributed by atoms with van der Waals surface area (Å²) >= 11 is 0. The van der Waals surface area contributed by atoms with Gasteiger partial charge in [-0.3, -0.25) is 19.5 Å². The number of nitro groups is 1. The van der Waals surface area contributed by atoms with Crippen LogP contribution >= 0.6 is 0 Å². The third-order valence-corrected chi connectivity index (χ3v) is 4.53. The zero-order valence-corrected chi connectivity index (χ0v) is 16.9. The molecule has 0 atom stereocenters. The molecule has 3 aromatic rings. The van der Waals surface area contributed by atoms with Crippen LogP contribution in [0.25, 0.3) is 10.9 Å². The maximum atomic E-state index is 13.0. The molecule has 0 unspecified atom stereocenters. The molecule has 9 heteroatoms. The van der Waals surface area contributed by atoms with Crippen LogP contribution in [0, 0.1) is 10.1 Å². The van der Waals surface area contributed by atoms with Crippen molar-refractivity contribution in [2.24, 2.45) is 5.10 Å². The molecular formula is C21H23N5O4. The molecule has 0 fully saturated rings. The van der Waals surface area contributed by atoms with E-state index in [1.54, 1.807) is 37.3 Å². The van der Waals surface area contributed by atoms with Gasteiger partial charge in [-0.15, -0.1) is 0 Å². The Morgan fingerprint density at radius 3 is 2.83 bits per heavy atom. The van der Waals surface area contributed by atoms with E-state index in [1.165, 1.54) is 16.7 Å². The molecule has 3 rings (SSSR count). The van der Waals surface area contributed by atoms with Gasteiger partial charge in [0.1, 0.15) is 0 Å². The van der Waals surface area contributed by atoms with Crippen molar-refractivity contribution in [1.29, 1.82) is 0 Å². The molecule has 0 saturated carbocycles. The highest BCUT2D eigenvalue weighted by atomic mass is 16.6. The van der Waals surface area contributed by atoms with E-state index >= 15 is 0 Å². The van der Waals surface area contributed by atoms with Crippen molar-refractivity contribution in [2.75, 3.05) is 18.6 Å². The number of ether oxygens (including phenoxy) is 1. The summed E-state index contributed by atoms with van der Waals surface area (Å²) < 4.78 is 6.90. The predicted molar refractivity (Wildman–Crippen MR) is 116 cm³/mol. The van der Waals surface area contributed by atoms with Gasteiger partial charge in [0.05, 0.1) is 21.5 Å². The lowest BCUT2D eigenvalue weighted by Crippen LogP contribution is -2.25. The van der Waals surface area contributed by atoms with E-state index in [0.29, 0.717) is 54.3 Å². The maximum Gasteiger partial charge on any atom is 0.270 e. The highest BCUT2D eigenvalue weighted by Crippen LogP contribution is 2.15. The fourth-order valence-electron chi connectivity index (χ4n) is 2.97. The van der Waals surface area contributed by atoms with Gasteiger partial charge in [0, 0.05) is 37.5 Å². The zero-order valence-electron chi connectivity index (χ0n) is 16.9. The fourth-order valence-corrected chi connectivity index (χ4v) is 2.97. The Morgan fingerprint density at radius 2 is 2.07 bits per heavy atom. The Balaban J connectivity index is 1.93. The van der Waals surface area contributed by atoms with Gasteiger partial charge in [-0.2, -0.15) is 5.10 Å². The minimum atomic E-state index is -0.453. The number of rotatable bonds is 9. The summed E-state index contributed by atoms with van der Waals surface area (Å²) in [5, 5.41) is 15.8. The second-order valence-electron chi connectivity index (χ2n) is 6.58. The number of hydrogen-bond acceptors (Lipinski definition) is 7. The van der Waals surface area contributed by atoms with Crippen molar-refractivity contribution in [3.05, 3.63) is 74.6 Å². The highest BCUT2D eigenvalue weighted by molar-refractivity contribution is 5.99. The van der Waals surface area contributed by atoms with E-state index in [4.69, 9.17) is 4.74 Å². The number of aromatic nitrogens is 2. The molecule has 0 spiro atoms. The number of nitrogens with zero attached hydrogens (tertiary/aromatic N) is 4. The lowest BCUT2D eigenvalue weighted by Gasteiger charge is -2.13. The molecule has 0 aliphatic heterocycles. The smallest absolute Gasteiger partial charge is 0.270 e. The van der Waals surface area contributed by atoms with Crippen molar-refractivity contribution in [3.63, 3.8) is 0 Å². The molecule has 9 nitrogen and oxygen atoms in total. The number of non-ortho nitro benzene ring substituents is 1. The highest BCUT2D eigenvalue weighted by Gasteiger charge is 2.11. The average molecular weight is 409 g/mol. The largest absolute Gasteiger partial charge is 0.382 e. The molecular weight excluding hydrogens is 386 g/mol. The first-order chi connectivity index (χ1) is 14.5. The van der Waals surface area contributed by atoms with Gasteiger partial charge in [0.15, 0.2) is 0 Å². The zero-order chi connectivity index (χ0) is 21.5. The quantitative estimate of drug-likeness (QED) is 0.250. The normalized spacial score (nSPS) is 11.6.